The Labute approximate surface area is 253 Å². The second kappa shape index (κ2) is 10.4. The summed E-state index contributed by atoms with van der Waals surface area (Å²) >= 11 is 0. The van der Waals surface area contributed by atoms with Crippen LogP contribution in [0.3, 0.4) is 0 Å². The first-order valence-electron chi connectivity index (χ1n) is 14.3. The van der Waals surface area contributed by atoms with Gasteiger partial charge >= 0.3 is 6.18 Å². The van der Waals surface area contributed by atoms with Gasteiger partial charge in [0.15, 0.2) is 11.6 Å². The molecule has 1 aromatic carbocycles. The Kier molecular flexibility index (Phi) is 7.13. The van der Waals surface area contributed by atoms with Crippen molar-refractivity contribution < 1.29 is 46.1 Å². The minimum atomic E-state index is -5.42. The van der Waals surface area contributed by atoms with Crippen LogP contribution in [0.5, 0.6) is 11.5 Å². The number of nitrogens with zero attached hydrogens (tertiary/aromatic N) is 4. The van der Waals surface area contributed by atoms with Gasteiger partial charge in [-0.25, -0.2) is 13.8 Å². The Hall–Kier alpha value is -4.21. The van der Waals surface area contributed by atoms with Crippen molar-refractivity contribution >= 4 is 28.5 Å². The number of fused-ring (bicyclic) bond motifs is 2. The topological polar surface area (TPSA) is 145 Å². The summed E-state index contributed by atoms with van der Waals surface area (Å²) in [5, 5.41) is 18.4. The lowest BCUT2D eigenvalue weighted by Gasteiger charge is -2.36. The Bertz CT molecular complexity index is 1690. The number of pyridine rings is 1. The molecular formula is C29H31F5N6O5. The monoisotopic (exact) mass is 638 g/mol. The first-order valence-corrected chi connectivity index (χ1v) is 14.3. The molecule has 3 aromatic rings. The lowest BCUT2D eigenvalue weighted by Crippen LogP contribution is -2.52. The molecule has 0 bridgehead atoms. The molecule has 0 spiro atoms. The molecule has 3 aliphatic rings. The number of nitrogens with one attached hydrogen (secondary N) is 1. The number of methoxy groups -OCH3 is 1. The number of alkyl halides is 5. The molecule has 6 rings (SSSR count). The van der Waals surface area contributed by atoms with E-state index in [1.165, 1.54) is 26.2 Å². The standard InChI is InChI=1S/C29H31F5N6O5/c1-26(25(35)42)14-45-22-18(26)10-20(37-23(22)39-7-3-6-27(30,31)13-39)28(43,29(32,33)34)12-36-24(41)15-8-16-11-40(17-4-5-17)38-21(16)19(9-15)44-2/h8-11,17,43H,3-7,12-14H2,1-2H3,(H2,35,42)(H,36,41)/t26-,28?/m0/s1. The molecule has 2 aliphatic heterocycles. The number of benzene rings is 1. The van der Waals surface area contributed by atoms with Gasteiger partial charge in [-0.3, -0.25) is 14.3 Å². The molecule has 2 aromatic heterocycles. The molecular weight excluding hydrogens is 607 g/mol. The van der Waals surface area contributed by atoms with Crippen LogP contribution >= 0.6 is 0 Å². The lowest BCUT2D eigenvalue weighted by molar-refractivity contribution is -0.265. The summed E-state index contributed by atoms with van der Waals surface area (Å²) in [6, 6.07) is 3.83. The van der Waals surface area contributed by atoms with E-state index in [0.29, 0.717) is 10.9 Å². The molecule has 1 aliphatic carbocycles. The first-order chi connectivity index (χ1) is 21.1. The molecule has 2 atom stereocenters. The predicted octanol–water partition coefficient (Wildman–Crippen LogP) is 3.33. The second-order valence-electron chi connectivity index (χ2n) is 12.1. The Morgan fingerprint density at radius 1 is 1.24 bits per heavy atom. The Balaban J connectivity index is 1.38. The van der Waals surface area contributed by atoms with Gasteiger partial charge in [0.2, 0.25) is 11.5 Å². The van der Waals surface area contributed by atoms with E-state index in [0.717, 1.165) is 23.8 Å². The number of amides is 2. The zero-order valence-electron chi connectivity index (χ0n) is 24.4. The number of hydrogen-bond acceptors (Lipinski definition) is 8. The van der Waals surface area contributed by atoms with Gasteiger partial charge in [-0.2, -0.15) is 18.3 Å². The average Bonchev–Trinajstić information content (AvgIpc) is 3.64. The van der Waals surface area contributed by atoms with Crippen molar-refractivity contribution in [2.45, 2.75) is 61.8 Å². The Morgan fingerprint density at radius 3 is 2.60 bits per heavy atom. The van der Waals surface area contributed by atoms with E-state index in [1.54, 1.807) is 10.9 Å². The van der Waals surface area contributed by atoms with Gasteiger partial charge in [-0.15, -0.1) is 0 Å². The molecule has 1 unspecified atom stereocenters. The average molecular weight is 639 g/mol. The van der Waals surface area contributed by atoms with Gasteiger partial charge in [-0.05, 0) is 44.4 Å². The fraction of sp³-hybridized carbons (Fsp3) is 0.517. The smallest absolute Gasteiger partial charge is 0.424 e. The maximum absolute atomic E-state index is 14.7. The number of aliphatic hydroxyl groups is 1. The third kappa shape index (κ3) is 5.27. The highest BCUT2D eigenvalue weighted by atomic mass is 19.4. The molecule has 0 radical (unpaired) electrons. The van der Waals surface area contributed by atoms with Crippen molar-refractivity contribution in [3.63, 3.8) is 0 Å². The highest BCUT2D eigenvalue weighted by Gasteiger charge is 2.58. The van der Waals surface area contributed by atoms with Crippen molar-refractivity contribution in [1.29, 1.82) is 0 Å². The predicted molar refractivity (Wildman–Crippen MR) is 150 cm³/mol. The fourth-order valence-electron chi connectivity index (χ4n) is 5.72. The summed E-state index contributed by atoms with van der Waals surface area (Å²) < 4.78 is 85.7. The summed E-state index contributed by atoms with van der Waals surface area (Å²) in [5.41, 5.74) is -0.603. The van der Waals surface area contributed by atoms with Crippen LogP contribution in [-0.4, -0.2) is 77.1 Å². The number of carbonyl (C=O) groups excluding carboxylic acids is 2. The molecule has 11 nitrogen and oxygen atoms in total. The third-order valence-electron chi connectivity index (χ3n) is 8.68. The number of halogens is 5. The van der Waals surface area contributed by atoms with Gasteiger partial charge in [0.05, 0.1) is 31.9 Å². The maximum atomic E-state index is 14.7. The fourth-order valence-corrected chi connectivity index (χ4v) is 5.72. The maximum Gasteiger partial charge on any atom is 0.424 e. The zero-order valence-corrected chi connectivity index (χ0v) is 24.4. The number of rotatable bonds is 8. The van der Waals surface area contributed by atoms with Crippen LogP contribution in [0.15, 0.2) is 24.4 Å². The number of ether oxygens (including phenoxy) is 2. The lowest BCUT2D eigenvalue weighted by atomic mass is 9.82. The van der Waals surface area contributed by atoms with Gasteiger partial charge in [0.25, 0.3) is 11.8 Å². The van der Waals surface area contributed by atoms with Crippen molar-refractivity contribution in [3.8, 4) is 11.5 Å². The van der Waals surface area contributed by atoms with Crippen LogP contribution in [0.25, 0.3) is 10.9 Å². The highest BCUT2D eigenvalue weighted by Crippen LogP contribution is 2.48. The molecule has 1 saturated carbocycles. The Morgan fingerprint density at radius 2 is 1.98 bits per heavy atom. The zero-order chi connectivity index (χ0) is 32.5. The van der Waals surface area contributed by atoms with Crippen LogP contribution in [-0.2, 0) is 15.8 Å². The van der Waals surface area contributed by atoms with Gasteiger partial charge < -0.3 is 30.5 Å². The normalized spacial score (nSPS) is 22.4. The molecule has 16 heteroatoms. The molecule has 2 fully saturated rings. The largest absolute Gasteiger partial charge is 0.494 e. The molecule has 4 N–H and O–H groups in total. The van der Waals surface area contributed by atoms with E-state index < -0.39 is 60.1 Å². The third-order valence-corrected chi connectivity index (χ3v) is 8.68. The molecule has 2 amide bonds. The van der Waals surface area contributed by atoms with E-state index in [-0.39, 0.29) is 54.1 Å². The first kappa shape index (κ1) is 30.8. The van der Waals surface area contributed by atoms with E-state index in [2.05, 4.69) is 15.4 Å². The summed E-state index contributed by atoms with van der Waals surface area (Å²) in [6.45, 7) is -1.29. The van der Waals surface area contributed by atoms with Crippen molar-refractivity contribution in [1.82, 2.24) is 20.1 Å². The number of piperidine rings is 1. The number of nitrogens with two attached hydrogens (primary N) is 1. The number of aromatic nitrogens is 3. The van der Waals surface area contributed by atoms with Crippen LogP contribution in [0.4, 0.5) is 27.8 Å². The molecule has 242 valence electrons. The van der Waals surface area contributed by atoms with Crippen LogP contribution in [0.1, 0.15) is 60.3 Å². The van der Waals surface area contributed by atoms with Crippen LogP contribution in [0, 0.1) is 0 Å². The van der Waals surface area contributed by atoms with Gasteiger partial charge in [0.1, 0.15) is 23.3 Å². The summed E-state index contributed by atoms with van der Waals surface area (Å²) in [5.74, 6) is -5.38. The molecule has 1 saturated heterocycles. The number of anilines is 1. The highest BCUT2D eigenvalue weighted by molar-refractivity contribution is 6.00. The van der Waals surface area contributed by atoms with Crippen molar-refractivity contribution in [2.75, 3.05) is 38.3 Å². The van der Waals surface area contributed by atoms with E-state index >= 15 is 0 Å². The van der Waals surface area contributed by atoms with Crippen LogP contribution < -0.4 is 25.4 Å². The second-order valence-corrected chi connectivity index (χ2v) is 12.1. The van der Waals surface area contributed by atoms with Crippen molar-refractivity contribution in [2.24, 2.45) is 5.73 Å². The SMILES string of the molecule is COc1cc(C(=O)NCC(O)(c2cc3c(c(N4CCCC(F)(F)C4)n2)OC[C@]3(C)C(N)=O)C(F)(F)F)cc2cn(C3CC3)nc12. The van der Waals surface area contributed by atoms with Gasteiger partial charge in [-0.1, -0.05) is 0 Å². The number of primary amides is 1. The van der Waals surface area contributed by atoms with Crippen LogP contribution in [0.2, 0.25) is 0 Å². The van der Waals surface area contributed by atoms with E-state index in [4.69, 9.17) is 15.2 Å². The number of carbonyl (C=O) groups is 2. The van der Waals surface area contributed by atoms with Crippen molar-refractivity contribution in [3.05, 3.63) is 41.2 Å². The van der Waals surface area contributed by atoms with E-state index in [1.807, 2.05) is 0 Å². The summed E-state index contributed by atoms with van der Waals surface area (Å²) in [6.07, 6.45) is -2.22. The minimum Gasteiger partial charge on any atom is -0.494 e. The van der Waals surface area contributed by atoms with E-state index in [9.17, 15) is 36.6 Å². The molecule has 45 heavy (non-hydrogen) atoms. The summed E-state index contributed by atoms with van der Waals surface area (Å²) in [4.78, 5) is 30.7. The number of hydrogen-bond donors (Lipinski definition) is 3. The van der Waals surface area contributed by atoms with Gasteiger partial charge in [0, 0.05) is 35.7 Å². The quantitative estimate of drug-likeness (QED) is 0.319. The summed E-state index contributed by atoms with van der Waals surface area (Å²) in [7, 11) is 1.37. The minimum absolute atomic E-state index is 0.00767. The molecule has 4 heterocycles.